The van der Waals surface area contributed by atoms with Gasteiger partial charge in [0.1, 0.15) is 0 Å². The fourth-order valence-corrected chi connectivity index (χ4v) is 2.00. The third-order valence-corrected chi connectivity index (χ3v) is 2.94. The molecule has 1 aliphatic heterocycles. The average molecular weight is 387 g/mol. The van der Waals surface area contributed by atoms with Crippen LogP contribution in [0.15, 0.2) is 12.1 Å². The van der Waals surface area contributed by atoms with Gasteiger partial charge in [0, 0.05) is 19.2 Å². The van der Waals surface area contributed by atoms with E-state index in [1.807, 2.05) is 6.07 Å². The zero-order chi connectivity index (χ0) is 13.0. The minimum Gasteiger partial charge on any atom is -1.00 e. The van der Waals surface area contributed by atoms with Crippen molar-refractivity contribution in [1.29, 1.82) is 5.39 Å². The van der Waals surface area contributed by atoms with Crippen LogP contribution in [-0.4, -0.2) is 40.5 Å². The van der Waals surface area contributed by atoms with E-state index in [0.717, 1.165) is 18.8 Å². The first-order chi connectivity index (χ1) is 8.80. The number of ether oxygens (including phenoxy) is 3. The molecule has 0 N–H and O–H groups in total. The monoisotopic (exact) mass is 384 g/mol. The fourth-order valence-electron chi connectivity index (χ4n) is 2.00. The van der Waals surface area contributed by atoms with Crippen molar-refractivity contribution in [2.45, 2.75) is 0 Å². The van der Waals surface area contributed by atoms with Crippen LogP contribution >= 0.6 is 0 Å². The topological polar surface area (TPSA) is 59.1 Å². The zero-order valence-corrected chi connectivity index (χ0v) is 16.5. The van der Waals surface area contributed by atoms with Crippen LogP contribution in [0.25, 0.3) is 4.98 Å². The SMILES string of the molecule is COc1cc(N2CCOCC2)c(OC)cc1[N+]#N.[Cl-].[Cl-].[Zn+2]. The Morgan fingerprint density at radius 1 is 1.10 bits per heavy atom. The van der Waals surface area contributed by atoms with Crippen molar-refractivity contribution < 1.29 is 58.5 Å². The second-order valence-electron chi connectivity index (χ2n) is 3.90. The summed E-state index contributed by atoms with van der Waals surface area (Å²) in [6.07, 6.45) is 0. The van der Waals surface area contributed by atoms with Crippen LogP contribution in [0, 0.1) is 5.39 Å². The molecule has 1 saturated heterocycles. The van der Waals surface area contributed by atoms with Crippen LogP contribution in [0.2, 0.25) is 0 Å². The van der Waals surface area contributed by atoms with E-state index in [4.69, 9.17) is 19.6 Å². The molecule has 0 saturated carbocycles. The van der Waals surface area contributed by atoms with Gasteiger partial charge in [-0.1, -0.05) is 0 Å². The van der Waals surface area contributed by atoms with Crippen molar-refractivity contribution in [3.63, 3.8) is 0 Å². The van der Waals surface area contributed by atoms with Crippen molar-refractivity contribution >= 4 is 11.4 Å². The average Bonchev–Trinajstić information content (AvgIpc) is 2.46. The van der Waals surface area contributed by atoms with Gasteiger partial charge in [0.25, 0.3) is 0 Å². The smallest absolute Gasteiger partial charge is 1.00 e. The fraction of sp³-hybridized carbons (Fsp3) is 0.500. The van der Waals surface area contributed by atoms with E-state index in [1.54, 1.807) is 20.3 Å². The summed E-state index contributed by atoms with van der Waals surface area (Å²) in [6, 6.07) is 3.48. The largest absolute Gasteiger partial charge is 2.00 e. The van der Waals surface area contributed by atoms with E-state index in [2.05, 4.69) is 9.88 Å². The van der Waals surface area contributed by atoms with Crippen LogP contribution in [0.3, 0.4) is 0 Å². The molecule has 1 aromatic rings. The molecule has 0 radical (unpaired) electrons. The molecule has 6 nitrogen and oxygen atoms in total. The summed E-state index contributed by atoms with van der Waals surface area (Å²) in [5, 5.41) is 8.93. The second kappa shape index (κ2) is 10.9. The summed E-state index contributed by atoms with van der Waals surface area (Å²) < 4.78 is 15.9. The van der Waals surface area contributed by atoms with Crippen LogP contribution < -0.4 is 39.2 Å². The molecule has 1 fully saturated rings. The normalized spacial score (nSPS) is 12.9. The Kier molecular flexibility index (Phi) is 11.6. The van der Waals surface area contributed by atoms with Gasteiger partial charge in [-0.25, -0.2) is 0 Å². The van der Waals surface area contributed by atoms with Crippen molar-refractivity contribution in [1.82, 2.24) is 0 Å². The van der Waals surface area contributed by atoms with Gasteiger partial charge in [-0.2, -0.15) is 0 Å². The first kappa shape index (κ1) is 22.5. The maximum atomic E-state index is 8.93. The third kappa shape index (κ3) is 5.16. The van der Waals surface area contributed by atoms with E-state index < -0.39 is 0 Å². The van der Waals surface area contributed by atoms with Crippen LogP contribution in [0.5, 0.6) is 11.5 Å². The maximum Gasteiger partial charge on any atom is 2.00 e. The summed E-state index contributed by atoms with van der Waals surface area (Å²) in [7, 11) is 3.13. The number of hydrogen-bond donors (Lipinski definition) is 0. The van der Waals surface area contributed by atoms with E-state index in [1.165, 1.54) is 0 Å². The van der Waals surface area contributed by atoms with Gasteiger partial charge in [0.2, 0.25) is 11.1 Å². The Hall–Kier alpha value is -0.797. The second-order valence-corrected chi connectivity index (χ2v) is 3.90. The van der Waals surface area contributed by atoms with Crippen LogP contribution in [0.1, 0.15) is 0 Å². The molecule has 0 amide bonds. The van der Waals surface area contributed by atoms with Gasteiger partial charge in [0.05, 0.1) is 39.2 Å². The van der Waals surface area contributed by atoms with Crippen molar-refractivity contribution in [2.24, 2.45) is 0 Å². The number of diazo groups is 1. The van der Waals surface area contributed by atoms with Crippen molar-refractivity contribution in [3.05, 3.63) is 17.1 Å². The predicted octanol–water partition coefficient (Wildman–Crippen LogP) is -3.97. The number of hydrogen-bond acceptors (Lipinski definition) is 5. The molecule has 112 valence electrons. The molecule has 9 heteroatoms. The summed E-state index contributed by atoms with van der Waals surface area (Å²) >= 11 is 0. The van der Waals surface area contributed by atoms with E-state index in [0.29, 0.717) is 30.4 Å². The van der Waals surface area contributed by atoms with E-state index in [-0.39, 0.29) is 44.3 Å². The van der Waals surface area contributed by atoms with Crippen LogP contribution in [0.4, 0.5) is 11.4 Å². The Morgan fingerprint density at radius 2 is 1.67 bits per heavy atom. The van der Waals surface area contributed by atoms with Gasteiger partial charge < -0.3 is 43.9 Å². The number of morpholine rings is 1. The Bertz CT molecular complexity index is 480. The maximum absolute atomic E-state index is 8.93. The van der Waals surface area contributed by atoms with Gasteiger partial charge in [-0.05, 0) is 0 Å². The quantitative estimate of drug-likeness (QED) is 0.392. The van der Waals surface area contributed by atoms with Gasteiger partial charge >= 0.3 is 25.2 Å². The zero-order valence-electron chi connectivity index (χ0n) is 12.0. The molecule has 0 aromatic heterocycles. The predicted molar refractivity (Wildman–Crippen MR) is 67.3 cm³/mol. The summed E-state index contributed by atoms with van der Waals surface area (Å²) in [5.74, 6) is 1.17. The standard InChI is InChI=1S/C12H16N3O3.2ClH.Zn/c1-16-11-8-10(15-3-5-18-6-4-15)12(17-2)7-9(11)14-13;;;/h7-8H,3-6H2,1-2H3;2*1H;/q+1;;;+2/p-2. The van der Waals surface area contributed by atoms with Crippen molar-refractivity contribution in [2.75, 3.05) is 45.4 Å². The molecule has 1 aliphatic rings. The number of nitrogens with zero attached hydrogens (tertiary/aromatic N) is 3. The molecule has 0 bridgehead atoms. The molecule has 0 unspecified atom stereocenters. The molecular weight excluding hydrogens is 370 g/mol. The first-order valence-corrected chi connectivity index (χ1v) is 5.74. The Labute approximate surface area is 149 Å². The van der Waals surface area contributed by atoms with E-state index in [9.17, 15) is 0 Å². The van der Waals surface area contributed by atoms with Crippen LogP contribution in [-0.2, 0) is 24.2 Å². The third-order valence-electron chi connectivity index (χ3n) is 2.94. The molecule has 1 aromatic carbocycles. The van der Waals surface area contributed by atoms with Gasteiger partial charge in [-0.15, -0.1) is 0 Å². The molecular formula is C12H16Cl2N3O3Zn+. The number of halogens is 2. The minimum atomic E-state index is 0. The molecule has 2 rings (SSSR count). The van der Waals surface area contributed by atoms with Crippen molar-refractivity contribution in [3.8, 4) is 11.5 Å². The Morgan fingerprint density at radius 3 is 2.14 bits per heavy atom. The summed E-state index contributed by atoms with van der Waals surface area (Å²) in [5.41, 5.74) is 1.27. The molecule has 0 atom stereocenters. The van der Waals surface area contributed by atoms with Gasteiger partial charge in [0.15, 0.2) is 10.7 Å². The number of anilines is 1. The summed E-state index contributed by atoms with van der Waals surface area (Å²) in [6.45, 7) is 2.99. The summed E-state index contributed by atoms with van der Waals surface area (Å²) in [4.78, 5) is 5.35. The number of methoxy groups -OCH3 is 2. The minimum absolute atomic E-state index is 0. The Balaban J connectivity index is 0. The van der Waals surface area contributed by atoms with Gasteiger partial charge in [-0.3, -0.25) is 0 Å². The number of benzene rings is 1. The van der Waals surface area contributed by atoms with E-state index >= 15 is 0 Å². The molecule has 0 aliphatic carbocycles. The molecule has 21 heavy (non-hydrogen) atoms. The molecule has 1 heterocycles. The first-order valence-electron chi connectivity index (χ1n) is 5.74. The molecule has 0 spiro atoms. The number of rotatable bonds is 3.